The molecule has 1 saturated heterocycles. The fourth-order valence-corrected chi connectivity index (χ4v) is 5.55. The van der Waals surface area contributed by atoms with E-state index in [1.54, 1.807) is 72.5 Å². The molecule has 2 amide bonds. The number of rotatable bonds is 12. The van der Waals surface area contributed by atoms with Crippen LogP contribution in [0.3, 0.4) is 0 Å². The van der Waals surface area contributed by atoms with Gasteiger partial charge in [0, 0.05) is 13.1 Å². The van der Waals surface area contributed by atoms with Gasteiger partial charge in [-0.2, -0.15) is 5.10 Å². The average Bonchev–Trinajstić information content (AvgIpc) is 3.00. The van der Waals surface area contributed by atoms with Gasteiger partial charge in [0.2, 0.25) is 0 Å². The topological polar surface area (TPSA) is 127 Å². The fraction of sp³-hybridized carbons (Fsp3) is 0.300. The number of anilines is 1. The molecule has 11 nitrogen and oxygen atoms in total. The van der Waals surface area contributed by atoms with Crippen LogP contribution in [0.4, 0.5) is 5.69 Å². The van der Waals surface area contributed by atoms with Crippen LogP contribution in [0.1, 0.15) is 18.1 Å². The largest absolute Gasteiger partial charge is 0.492 e. The molecule has 1 aliphatic heterocycles. The van der Waals surface area contributed by atoms with Gasteiger partial charge < -0.3 is 19.1 Å². The lowest BCUT2D eigenvalue weighted by molar-refractivity contribution is -0.137. The van der Waals surface area contributed by atoms with Crippen LogP contribution in [0, 0.1) is 6.92 Å². The van der Waals surface area contributed by atoms with E-state index in [-0.39, 0.29) is 23.1 Å². The number of carbonyl (C=O) groups is 2. The predicted molar refractivity (Wildman–Crippen MR) is 158 cm³/mol. The molecule has 0 atom stereocenters. The second kappa shape index (κ2) is 14.5. The van der Waals surface area contributed by atoms with Crippen LogP contribution < -0.4 is 19.2 Å². The van der Waals surface area contributed by atoms with Crippen molar-refractivity contribution < 1.29 is 32.2 Å². The van der Waals surface area contributed by atoms with Crippen molar-refractivity contribution in [2.75, 3.05) is 50.4 Å². The van der Waals surface area contributed by atoms with Gasteiger partial charge in [-0.05, 0) is 67.9 Å². The van der Waals surface area contributed by atoms with Crippen LogP contribution in [0.5, 0.6) is 11.5 Å². The highest BCUT2D eigenvalue weighted by Gasteiger charge is 2.29. The highest BCUT2D eigenvalue weighted by molar-refractivity contribution is 7.92. The number of para-hydroxylation sites is 2. The van der Waals surface area contributed by atoms with Crippen molar-refractivity contribution in [3.8, 4) is 11.5 Å². The number of aryl methyl sites for hydroxylation is 1. The molecule has 1 heterocycles. The molecule has 1 fully saturated rings. The van der Waals surface area contributed by atoms with E-state index in [1.165, 1.54) is 18.3 Å². The maximum Gasteiger partial charge on any atom is 0.264 e. The molecule has 0 spiro atoms. The van der Waals surface area contributed by atoms with Crippen molar-refractivity contribution in [1.82, 2.24) is 10.3 Å². The maximum atomic E-state index is 13.7. The Morgan fingerprint density at radius 2 is 1.69 bits per heavy atom. The fourth-order valence-electron chi connectivity index (χ4n) is 4.12. The number of morpholine rings is 1. The van der Waals surface area contributed by atoms with E-state index in [0.29, 0.717) is 50.0 Å². The third-order valence-electron chi connectivity index (χ3n) is 6.34. The van der Waals surface area contributed by atoms with Gasteiger partial charge in [-0.15, -0.1) is 0 Å². The maximum absolute atomic E-state index is 13.7. The molecule has 0 aliphatic carbocycles. The smallest absolute Gasteiger partial charge is 0.264 e. The van der Waals surface area contributed by atoms with E-state index >= 15 is 0 Å². The van der Waals surface area contributed by atoms with Gasteiger partial charge >= 0.3 is 0 Å². The molecule has 0 saturated carbocycles. The Morgan fingerprint density at radius 1 is 1.00 bits per heavy atom. The second-order valence-corrected chi connectivity index (χ2v) is 11.2. The highest BCUT2D eigenvalue weighted by atomic mass is 32.2. The number of hydrogen-bond donors (Lipinski definition) is 1. The molecule has 1 aliphatic rings. The quantitative estimate of drug-likeness (QED) is 0.252. The van der Waals surface area contributed by atoms with E-state index in [1.807, 2.05) is 6.92 Å². The van der Waals surface area contributed by atoms with Crippen LogP contribution in [0.25, 0.3) is 0 Å². The van der Waals surface area contributed by atoms with Gasteiger partial charge in [0.25, 0.3) is 21.8 Å². The SMILES string of the molecule is CCOc1ccccc1N(CC(=O)N/N=C\c1ccc(OCC(=O)N2CCOCC2)cc1)S(=O)(=O)c1ccc(C)cc1. The van der Waals surface area contributed by atoms with Crippen LogP contribution in [0.2, 0.25) is 0 Å². The first-order valence-electron chi connectivity index (χ1n) is 13.5. The number of amides is 2. The number of carbonyl (C=O) groups excluding carboxylic acids is 2. The summed E-state index contributed by atoms with van der Waals surface area (Å²) >= 11 is 0. The van der Waals surface area contributed by atoms with Gasteiger partial charge in [-0.3, -0.25) is 13.9 Å². The first-order chi connectivity index (χ1) is 20.3. The molecule has 222 valence electrons. The average molecular weight is 595 g/mol. The van der Waals surface area contributed by atoms with Gasteiger partial charge in [0.15, 0.2) is 6.61 Å². The lowest BCUT2D eigenvalue weighted by Crippen LogP contribution is -2.42. The lowest BCUT2D eigenvalue weighted by Gasteiger charge is -2.26. The van der Waals surface area contributed by atoms with E-state index in [2.05, 4.69) is 10.5 Å². The Bertz CT molecular complexity index is 1490. The number of hydrazone groups is 1. The second-order valence-electron chi connectivity index (χ2n) is 9.37. The molecule has 42 heavy (non-hydrogen) atoms. The van der Waals surface area contributed by atoms with Crippen LogP contribution in [0.15, 0.2) is 82.8 Å². The van der Waals surface area contributed by atoms with Crippen molar-refractivity contribution in [2.24, 2.45) is 5.10 Å². The molecule has 12 heteroatoms. The van der Waals surface area contributed by atoms with Gasteiger partial charge in [-0.25, -0.2) is 13.8 Å². The van der Waals surface area contributed by atoms with E-state index in [9.17, 15) is 18.0 Å². The summed E-state index contributed by atoms with van der Waals surface area (Å²) in [6, 6.07) is 19.9. The lowest BCUT2D eigenvalue weighted by atomic mass is 10.2. The minimum Gasteiger partial charge on any atom is -0.492 e. The summed E-state index contributed by atoms with van der Waals surface area (Å²) in [4.78, 5) is 26.9. The summed E-state index contributed by atoms with van der Waals surface area (Å²) in [5.74, 6) is 0.104. The molecule has 1 N–H and O–H groups in total. The summed E-state index contributed by atoms with van der Waals surface area (Å²) < 4.78 is 44.8. The normalized spacial score (nSPS) is 13.5. The summed E-state index contributed by atoms with van der Waals surface area (Å²) in [7, 11) is -4.11. The van der Waals surface area contributed by atoms with Gasteiger partial charge in [0.05, 0.1) is 36.6 Å². The van der Waals surface area contributed by atoms with E-state index < -0.39 is 22.5 Å². The Labute approximate surface area is 245 Å². The number of benzene rings is 3. The summed E-state index contributed by atoms with van der Waals surface area (Å²) in [5, 5.41) is 3.99. The Balaban J connectivity index is 1.40. The zero-order valence-corrected chi connectivity index (χ0v) is 24.4. The van der Waals surface area contributed by atoms with Crippen molar-refractivity contribution >= 4 is 33.7 Å². The monoisotopic (exact) mass is 594 g/mol. The standard InChI is InChI=1S/C30H34N4O7S/c1-3-40-28-7-5-4-6-27(28)34(42(37,38)26-14-8-23(2)9-15-26)21-29(35)32-31-20-24-10-12-25(13-11-24)41-22-30(36)33-16-18-39-19-17-33/h4-15,20H,3,16-19,21-22H2,1-2H3,(H,32,35)/b31-20-. The molecule has 4 rings (SSSR count). The third kappa shape index (κ3) is 8.08. The summed E-state index contributed by atoms with van der Waals surface area (Å²) in [5.41, 5.74) is 4.20. The highest BCUT2D eigenvalue weighted by Crippen LogP contribution is 2.32. The molecule has 3 aromatic rings. The zero-order chi connectivity index (χ0) is 30.0. The van der Waals surface area contributed by atoms with Gasteiger partial charge in [-0.1, -0.05) is 29.8 Å². The van der Waals surface area contributed by atoms with Crippen LogP contribution in [-0.4, -0.2) is 77.4 Å². The first-order valence-corrected chi connectivity index (χ1v) is 14.9. The minimum atomic E-state index is -4.11. The van der Waals surface area contributed by atoms with Crippen LogP contribution >= 0.6 is 0 Å². The Morgan fingerprint density at radius 3 is 2.38 bits per heavy atom. The predicted octanol–water partition coefficient (Wildman–Crippen LogP) is 2.98. The number of nitrogens with one attached hydrogen (secondary N) is 1. The molecule has 0 radical (unpaired) electrons. The number of hydrogen-bond acceptors (Lipinski definition) is 8. The van der Waals surface area contributed by atoms with Crippen molar-refractivity contribution in [3.05, 3.63) is 83.9 Å². The van der Waals surface area contributed by atoms with Crippen molar-refractivity contribution in [2.45, 2.75) is 18.7 Å². The first kappa shape index (κ1) is 30.5. The molecule has 0 aromatic heterocycles. The number of nitrogens with zero attached hydrogens (tertiary/aromatic N) is 3. The van der Waals surface area contributed by atoms with E-state index in [0.717, 1.165) is 9.87 Å². The minimum absolute atomic E-state index is 0.0460. The van der Waals surface area contributed by atoms with E-state index in [4.69, 9.17) is 14.2 Å². The molecule has 0 unspecified atom stereocenters. The Kier molecular flexibility index (Phi) is 10.5. The zero-order valence-electron chi connectivity index (χ0n) is 23.6. The summed E-state index contributed by atoms with van der Waals surface area (Å²) in [6.45, 7) is 5.53. The molecular formula is C30H34N4O7S. The molecule has 3 aromatic carbocycles. The van der Waals surface area contributed by atoms with Crippen molar-refractivity contribution in [1.29, 1.82) is 0 Å². The van der Waals surface area contributed by atoms with Gasteiger partial charge in [0.1, 0.15) is 18.0 Å². The molecule has 0 bridgehead atoms. The Hall–Kier alpha value is -4.42. The number of sulfonamides is 1. The summed E-state index contributed by atoms with van der Waals surface area (Å²) in [6.07, 6.45) is 1.42. The third-order valence-corrected chi connectivity index (χ3v) is 8.11. The number of ether oxygens (including phenoxy) is 3. The van der Waals surface area contributed by atoms with Crippen molar-refractivity contribution in [3.63, 3.8) is 0 Å². The molecular weight excluding hydrogens is 560 g/mol. The van der Waals surface area contributed by atoms with Crippen LogP contribution in [-0.2, 0) is 24.3 Å².